The molecule has 0 amide bonds. The lowest BCUT2D eigenvalue weighted by Crippen LogP contribution is -2.51. The van der Waals surface area contributed by atoms with Crippen LogP contribution >= 0.6 is 0 Å². The molecule has 0 aromatic rings. The van der Waals surface area contributed by atoms with Crippen molar-refractivity contribution in [1.82, 2.24) is 0 Å². The number of hydrogen-bond donors (Lipinski definition) is 8. The Morgan fingerprint density at radius 1 is 0.274 bits per heavy atom. The van der Waals surface area contributed by atoms with Gasteiger partial charge < -0.3 is 59.8 Å². The molecular formula is C96H160F16O12. The van der Waals surface area contributed by atoms with Gasteiger partial charge in [0.25, 0.3) is 0 Å². The molecule has 8 N–H and O–H groups in total. The molecule has 0 aromatic heterocycles. The van der Waals surface area contributed by atoms with Crippen molar-refractivity contribution in [3.05, 3.63) is 214 Å². The van der Waals surface area contributed by atoms with Crippen molar-refractivity contribution in [2.24, 2.45) is 0 Å². The van der Waals surface area contributed by atoms with Gasteiger partial charge in [-0.15, -0.1) is 92.1 Å². The first-order valence-electron chi connectivity index (χ1n) is 42.3. The predicted octanol–water partition coefficient (Wildman–Crippen LogP) is 27.9. The topological polar surface area (TPSA) is 199 Å². The van der Waals surface area contributed by atoms with Crippen LogP contribution in [0.4, 0.5) is 70.2 Å². The molecule has 28 heteroatoms. The van der Waals surface area contributed by atoms with Gasteiger partial charge in [0.1, 0.15) is 0 Å². The maximum absolute atomic E-state index is 14.3. The van der Waals surface area contributed by atoms with E-state index in [-0.39, 0.29) is 132 Å². The van der Waals surface area contributed by atoms with Gasteiger partial charge >= 0.3 is 24.4 Å². The molecule has 4 atom stereocenters. The number of allylic oxidation sites excluding steroid dienone is 9. The van der Waals surface area contributed by atoms with Gasteiger partial charge in [-0.25, -0.2) is 17.6 Å². The minimum Gasteiger partial charge on any atom is -0.377 e. The van der Waals surface area contributed by atoms with E-state index in [1.54, 1.807) is 36.5 Å². The minimum absolute atomic E-state index is 0.0426. The molecule has 0 fully saturated rings. The van der Waals surface area contributed by atoms with E-state index in [0.717, 1.165) is 69.9 Å². The second-order valence-corrected chi connectivity index (χ2v) is 29.0. The summed E-state index contributed by atoms with van der Waals surface area (Å²) in [6.45, 7) is 61.5. The number of hydrogen-bond acceptors (Lipinski definition) is 12. The van der Waals surface area contributed by atoms with E-state index < -0.39 is 123 Å². The smallest absolute Gasteiger partial charge is 0.377 e. The van der Waals surface area contributed by atoms with E-state index in [0.29, 0.717) is 77.0 Å². The third kappa shape index (κ3) is 70.0. The summed E-state index contributed by atoms with van der Waals surface area (Å²) in [6.07, 6.45) is 18.5. The fraction of sp³-hybridized carbons (Fsp3) is 0.646. The van der Waals surface area contributed by atoms with Gasteiger partial charge in [0.05, 0.1) is 53.1 Å². The van der Waals surface area contributed by atoms with Crippen LogP contribution in [0, 0.1) is 0 Å². The van der Waals surface area contributed by atoms with E-state index in [4.69, 9.17) is 10.2 Å². The third-order valence-corrected chi connectivity index (χ3v) is 17.9. The number of aliphatic hydroxyl groups is 8. The lowest BCUT2D eigenvalue weighted by Gasteiger charge is -2.37. The summed E-state index contributed by atoms with van der Waals surface area (Å²) in [6, 6.07) is 0. The number of rotatable bonds is 71. The van der Waals surface area contributed by atoms with Gasteiger partial charge in [-0.2, -0.15) is 35.1 Å². The van der Waals surface area contributed by atoms with Gasteiger partial charge in [-0.1, -0.05) is 132 Å². The number of ether oxygens (including phenoxy) is 4. The number of unbranched alkanes of at least 4 members (excludes halogenated alkanes) is 10. The molecule has 12 nitrogen and oxygen atoms in total. The Labute approximate surface area is 735 Å². The van der Waals surface area contributed by atoms with E-state index in [1.165, 1.54) is 25.2 Å². The molecule has 0 saturated carbocycles. The lowest BCUT2D eigenvalue weighted by molar-refractivity contribution is -0.321. The van der Waals surface area contributed by atoms with Crippen molar-refractivity contribution in [1.29, 1.82) is 0 Å². The Morgan fingerprint density at radius 2 is 0.532 bits per heavy atom. The molecule has 0 aliphatic carbocycles. The van der Waals surface area contributed by atoms with Gasteiger partial charge in [0, 0.05) is 57.8 Å². The van der Waals surface area contributed by atoms with Crippen molar-refractivity contribution in [2.45, 2.75) is 341 Å². The molecule has 728 valence electrons. The number of alkyl halides is 16. The monoisotopic (exact) mass is 1810 g/mol. The summed E-state index contributed by atoms with van der Waals surface area (Å²) < 4.78 is 228. The molecule has 0 spiro atoms. The maximum Gasteiger partial charge on any atom is 0.388 e. The molecule has 0 aliphatic rings. The second-order valence-electron chi connectivity index (χ2n) is 29.0. The highest BCUT2D eigenvalue weighted by Crippen LogP contribution is 2.44. The van der Waals surface area contributed by atoms with Gasteiger partial charge in [-0.05, 0) is 203 Å². The lowest BCUT2D eigenvalue weighted by atomic mass is 9.84. The largest absolute Gasteiger partial charge is 0.388 e. The Kier molecular flexibility index (Phi) is 89.3. The Balaban J connectivity index is -0.000000176. The van der Waals surface area contributed by atoms with E-state index in [1.807, 2.05) is 26.0 Å². The normalized spacial score (nSPS) is 13.3. The van der Waals surface area contributed by atoms with Crippen molar-refractivity contribution < 1.29 is 130 Å². The average molecular weight is 1810 g/mol. The van der Waals surface area contributed by atoms with Crippen LogP contribution in [0.1, 0.15) is 271 Å². The third-order valence-electron chi connectivity index (χ3n) is 17.9. The van der Waals surface area contributed by atoms with E-state index in [2.05, 4.69) is 137 Å². The predicted molar refractivity (Wildman–Crippen MR) is 480 cm³/mol. The van der Waals surface area contributed by atoms with Gasteiger partial charge in [0.2, 0.25) is 23.4 Å². The molecule has 4 unspecified atom stereocenters. The van der Waals surface area contributed by atoms with Crippen molar-refractivity contribution >= 4 is 0 Å². The molecular weight excluding hydrogens is 1650 g/mol. The van der Waals surface area contributed by atoms with Gasteiger partial charge in [-0.3, -0.25) is 17.6 Å². The highest BCUT2D eigenvalue weighted by molar-refractivity contribution is 5.18. The molecule has 0 heterocycles. The molecule has 0 saturated heterocycles. The summed E-state index contributed by atoms with van der Waals surface area (Å²) >= 11 is 0. The summed E-state index contributed by atoms with van der Waals surface area (Å²) in [5.41, 5.74) is -9.75. The van der Waals surface area contributed by atoms with Crippen LogP contribution < -0.4 is 0 Å². The van der Waals surface area contributed by atoms with Crippen LogP contribution in [0.15, 0.2) is 214 Å². The Hall–Kier alpha value is -6.02. The highest BCUT2D eigenvalue weighted by atomic mass is 19.3. The fourth-order valence-corrected chi connectivity index (χ4v) is 10.2. The summed E-state index contributed by atoms with van der Waals surface area (Å²) in [7, 11) is 0. The molecule has 0 radical (unpaired) electrons. The van der Waals surface area contributed by atoms with E-state index >= 15 is 0 Å². The van der Waals surface area contributed by atoms with Gasteiger partial charge in [0.15, 0.2) is 22.4 Å². The first kappa shape index (κ1) is 136. The standard InChI is InChI=1S/C17H29F3O2.C15H25F3O2.C13H23FO.2C11H17F3O2.C11H19FO.C9H15FO.C7H11FO.C2H4/c1-4-6-8-9-12-16(21,15(3)11-7-5-2)17(19,20)22-14-10-13-18;1-4-6-7-10-14(19,13(3)9-5-2)15(17,18)20-12-8-11-16;1-3-5-7-9-11-13(14,15)12-10-8-6-4-2;1-4-6-10(15,9(2)3)11(13,14)16-8-5-7-12;1-3-5-7-10(15,4-2)11(13,14)16-9-6-8-12;1-3-5-7-9-11(12,13)10-8-6-4-2;1-3-5-7-9(10,11)8-6-4-2;1-3-5-7(8,9)6-4-2;1-2/h4,21H,1,3,5-14H2,2H3;4,19H,1,3,5-12H2,2H3;3-4,15H,1-2,5-12H2;4,15H,1-2,5-8H2,3H3;3-4,15H,1-2,5-9H2;3-4,13H,1-2,5-10H2;3-4,11H,1-2,5-8H2;3-4,9H,1-2,5-6H2;1-2H2. The molecule has 0 aliphatic heterocycles. The molecule has 0 aromatic carbocycles. The van der Waals surface area contributed by atoms with Crippen LogP contribution in [-0.2, 0) is 18.9 Å². The maximum atomic E-state index is 14.3. The SMILES string of the molecule is C=C.C=CCC(O)(C(=C)C)C(F)(F)OCCCF.C=CCC(O)(F)CC=C.C=CCCC(O)(C=C)C(F)(F)OCCCF.C=CCCC(O)(F)CCC=C.C=CCCCC(O)(C(=C)CCC)C(F)(F)OCCCF.C=CCCCC(O)(F)CCCC=C.C=CCCCCC(O)(C(=C)CCCC)C(F)(F)OCCCF.C=CCCCCC(O)(F)CCCCC=C. The summed E-state index contributed by atoms with van der Waals surface area (Å²) in [4.78, 5) is 0. The molecule has 124 heavy (non-hydrogen) atoms. The Bertz CT molecular complexity index is 2710. The zero-order chi connectivity index (χ0) is 98.0. The van der Waals surface area contributed by atoms with Crippen molar-refractivity contribution in [3.63, 3.8) is 0 Å². The zero-order valence-corrected chi connectivity index (χ0v) is 75.2. The first-order valence-corrected chi connectivity index (χ1v) is 42.3. The fourth-order valence-electron chi connectivity index (χ4n) is 10.2. The first-order chi connectivity index (χ1) is 57.9. The highest BCUT2D eigenvalue weighted by Gasteiger charge is 2.57. The molecule has 0 rings (SSSR count). The average Bonchev–Trinajstić information content (AvgIpc) is 0.785. The van der Waals surface area contributed by atoms with Crippen LogP contribution in [-0.4, -0.2) is 164 Å². The number of halogens is 16. The summed E-state index contributed by atoms with van der Waals surface area (Å²) in [5.74, 6) is -8.14. The minimum atomic E-state index is -3.80. The zero-order valence-electron chi connectivity index (χ0n) is 75.2. The summed E-state index contributed by atoms with van der Waals surface area (Å²) in [5, 5.41) is 76.7. The van der Waals surface area contributed by atoms with E-state index in [9.17, 15) is 101 Å². The van der Waals surface area contributed by atoms with Crippen LogP contribution in [0.3, 0.4) is 0 Å². The van der Waals surface area contributed by atoms with Crippen LogP contribution in [0.25, 0.3) is 0 Å². The Morgan fingerprint density at radius 3 is 0.815 bits per heavy atom. The van der Waals surface area contributed by atoms with Crippen molar-refractivity contribution in [3.8, 4) is 0 Å². The van der Waals surface area contributed by atoms with Crippen LogP contribution in [0.2, 0.25) is 0 Å². The second kappa shape index (κ2) is 81.5. The van der Waals surface area contributed by atoms with Crippen molar-refractivity contribution in [2.75, 3.05) is 53.1 Å². The van der Waals surface area contributed by atoms with Crippen LogP contribution in [0.5, 0.6) is 0 Å². The molecule has 0 bridgehead atoms. The quantitative estimate of drug-likeness (QED) is 0.0163.